The van der Waals surface area contributed by atoms with E-state index in [1.807, 2.05) is 18.3 Å². The van der Waals surface area contributed by atoms with E-state index >= 15 is 0 Å². The second kappa shape index (κ2) is 8.66. The SMILES string of the molecule is COc1cc(OC2C(C)(C)C(N3NC=CC=C3N3CCC(C=O)CC3)C2(C)C)ccc1C#N. The van der Waals surface area contributed by atoms with E-state index < -0.39 is 0 Å². The Morgan fingerprint density at radius 2 is 1.88 bits per heavy atom. The highest BCUT2D eigenvalue weighted by atomic mass is 16.5. The number of likely N-dealkylation sites (tertiary alicyclic amines) is 1. The highest BCUT2D eigenvalue weighted by Crippen LogP contribution is 2.58. The minimum Gasteiger partial charge on any atom is -0.495 e. The Morgan fingerprint density at radius 1 is 1.18 bits per heavy atom. The van der Waals surface area contributed by atoms with Crippen LogP contribution in [0.5, 0.6) is 11.5 Å². The van der Waals surface area contributed by atoms with Crippen LogP contribution in [0.15, 0.2) is 42.4 Å². The van der Waals surface area contributed by atoms with E-state index in [1.165, 1.54) is 0 Å². The summed E-state index contributed by atoms with van der Waals surface area (Å²) in [7, 11) is 1.56. The van der Waals surface area contributed by atoms with Gasteiger partial charge in [0.05, 0.1) is 18.7 Å². The normalized spacial score (nSPS) is 25.9. The molecule has 1 saturated carbocycles. The van der Waals surface area contributed by atoms with Gasteiger partial charge in [-0.3, -0.25) is 5.01 Å². The lowest BCUT2D eigenvalue weighted by Gasteiger charge is -2.66. The van der Waals surface area contributed by atoms with Crippen molar-refractivity contribution in [1.82, 2.24) is 15.3 Å². The van der Waals surface area contributed by atoms with Crippen molar-refractivity contribution in [3.63, 3.8) is 0 Å². The molecule has 7 nitrogen and oxygen atoms in total. The molecule has 176 valence electrons. The number of hydrogen-bond acceptors (Lipinski definition) is 7. The maximum absolute atomic E-state index is 11.2. The number of nitrogens with zero attached hydrogens (tertiary/aromatic N) is 3. The number of methoxy groups -OCH3 is 1. The summed E-state index contributed by atoms with van der Waals surface area (Å²) in [6.45, 7) is 10.7. The topological polar surface area (TPSA) is 77.8 Å². The molecule has 1 saturated heterocycles. The van der Waals surface area contributed by atoms with Crippen molar-refractivity contribution < 1.29 is 14.3 Å². The van der Waals surface area contributed by atoms with Gasteiger partial charge in [-0.2, -0.15) is 5.26 Å². The number of allylic oxidation sites excluding steroid dienone is 2. The summed E-state index contributed by atoms with van der Waals surface area (Å²) in [5, 5.41) is 11.5. The number of hydrazine groups is 1. The highest BCUT2D eigenvalue weighted by Gasteiger charge is 2.66. The monoisotopic (exact) mass is 450 g/mol. The molecule has 1 aliphatic carbocycles. The fourth-order valence-corrected chi connectivity index (χ4v) is 6.18. The molecule has 4 rings (SSSR count). The standard InChI is InChI=1S/C26H34N4O3/c1-25(2)23(30-22(7-6-12-28-30)29-13-10-18(17-31)11-14-29)26(3,4)24(25)33-20-9-8-19(16-27)21(15-20)32-5/h6-9,12,15,17-18,23-24,28H,10-11,13-14H2,1-5H3. The van der Waals surface area contributed by atoms with Gasteiger partial charge in [-0.15, -0.1) is 0 Å². The van der Waals surface area contributed by atoms with Crippen LogP contribution in [0, 0.1) is 28.1 Å². The van der Waals surface area contributed by atoms with E-state index in [4.69, 9.17) is 9.47 Å². The van der Waals surface area contributed by atoms with Crippen molar-refractivity contribution in [2.24, 2.45) is 16.7 Å². The molecule has 0 bridgehead atoms. The van der Waals surface area contributed by atoms with Crippen molar-refractivity contribution in [3.8, 4) is 17.6 Å². The molecule has 1 aromatic carbocycles. The molecule has 2 aliphatic heterocycles. The minimum absolute atomic E-state index is 0.0394. The number of hydrogen-bond donors (Lipinski definition) is 1. The highest BCUT2D eigenvalue weighted by molar-refractivity contribution is 5.53. The third kappa shape index (κ3) is 3.92. The van der Waals surface area contributed by atoms with Crippen molar-refractivity contribution in [2.75, 3.05) is 20.2 Å². The van der Waals surface area contributed by atoms with Crippen LogP contribution in [0.3, 0.4) is 0 Å². The van der Waals surface area contributed by atoms with Crippen LogP contribution in [-0.4, -0.2) is 48.5 Å². The Labute approximate surface area is 196 Å². The van der Waals surface area contributed by atoms with Crippen molar-refractivity contribution >= 4 is 6.29 Å². The number of carbonyl (C=O) groups excluding carboxylic acids is 1. The number of carbonyl (C=O) groups is 1. The molecule has 0 spiro atoms. The quantitative estimate of drug-likeness (QED) is 0.660. The van der Waals surface area contributed by atoms with E-state index in [9.17, 15) is 10.1 Å². The second-order valence-electron chi connectivity index (χ2n) is 10.4. The van der Waals surface area contributed by atoms with Crippen LogP contribution >= 0.6 is 0 Å². The van der Waals surface area contributed by atoms with E-state index in [1.54, 1.807) is 19.2 Å². The van der Waals surface area contributed by atoms with Crippen LogP contribution in [0.25, 0.3) is 0 Å². The van der Waals surface area contributed by atoms with Crippen LogP contribution < -0.4 is 14.9 Å². The fraction of sp³-hybridized carbons (Fsp3) is 0.538. The Balaban J connectivity index is 1.55. The van der Waals surface area contributed by atoms with Gasteiger partial charge in [0, 0.05) is 42.1 Å². The van der Waals surface area contributed by atoms with Crippen LogP contribution in [-0.2, 0) is 4.79 Å². The van der Waals surface area contributed by atoms with Crippen molar-refractivity contribution in [1.29, 1.82) is 5.26 Å². The summed E-state index contributed by atoms with van der Waals surface area (Å²) in [5.74, 6) is 2.54. The van der Waals surface area contributed by atoms with Gasteiger partial charge < -0.3 is 24.6 Å². The number of nitrogens with one attached hydrogen (secondary N) is 1. The zero-order valence-corrected chi connectivity index (χ0v) is 20.2. The first kappa shape index (κ1) is 23.0. The largest absolute Gasteiger partial charge is 0.495 e. The van der Waals surface area contributed by atoms with E-state index in [0.29, 0.717) is 17.1 Å². The summed E-state index contributed by atoms with van der Waals surface area (Å²) >= 11 is 0. The van der Waals surface area contributed by atoms with Gasteiger partial charge in [0.25, 0.3) is 0 Å². The first-order chi connectivity index (χ1) is 15.7. The summed E-state index contributed by atoms with van der Waals surface area (Å²) < 4.78 is 11.9. The molecule has 0 atom stereocenters. The molecule has 0 radical (unpaired) electrons. The van der Waals surface area contributed by atoms with E-state index in [-0.39, 0.29) is 28.9 Å². The van der Waals surface area contributed by atoms with Gasteiger partial charge in [0.15, 0.2) is 0 Å². The summed E-state index contributed by atoms with van der Waals surface area (Å²) in [4.78, 5) is 13.6. The average molecular weight is 451 g/mol. The average Bonchev–Trinajstić information content (AvgIpc) is 2.82. The molecule has 3 aliphatic rings. The first-order valence-corrected chi connectivity index (χ1v) is 11.6. The van der Waals surface area contributed by atoms with Gasteiger partial charge in [0.2, 0.25) is 0 Å². The summed E-state index contributed by atoms with van der Waals surface area (Å²) in [6, 6.07) is 7.70. The molecular weight excluding hydrogens is 416 g/mol. The molecule has 2 heterocycles. The number of ether oxygens (including phenoxy) is 2. The Morgan fingerprint density at radius 3 is 2.48 bits per heavy atom. The Kier molecular flexibility index (Phi) is 6.04. The predicted octanol–water partition coefficient (Wildman–Crippen LogP) is 3.84. The smallest absolute Gasteiger partial charge is 0.140 e. The molecule has 0 unspecified atom stereocenters. The number of piperidine rings is 1. The number of rotatable bonds is 6. The molecule has 0 amide bonds. The van der Waals surface area contributed by atoms with Crippen LogP contribution in [0.2, 0.25) is 0 Å². The van der Waals surface area contributed by atoms with E-state index in [2.05, 4.69) is 55.2 Å². The lowest BCUT2D eigenvalue weighted by molar-refractivity contribution is -0.214. The molecule has 1 N–H and O–H groups in total. The van der Waals surface area contributed by atoms with Gasteiger partial charge in [-0.25, -0.2) is 0 Å². The van der Waals surface area contributed by atoms with E-state index in [0.717, 1.165) is 38.0 Å². The zero-order chi connectivity index (χ0) is 23.8. The zero-order valence-electron chi connectivity index (χ0n) is 20.2. The number of aldehydes is 1. The lowest BCUT2D eigenvalue weighted by Crippen LogP contribution is -2.76. The maximum Gasteiger partial charge on any atom is 0.140 e. The first-order valence-electron chi connectivity index (χ1n) is 11.6. The number of benzene rings is 1. The number of nitriles is 1. The van der Waals surface area contributed by atoms with Gasteiger partial charge in [0.1, 0.15) is 35.8 Å². The molecule has 7 heteroatoms. The fourth-order valence-electron chi connectivity index (χ4n) is 6.18. The lowest BCUT2D eigenvalue weighted by atomic mass is 9.49. The molecule has 1 aromatic rings. The summed E-state index contributed by atoms with van der Waals surface area (Å²) in [5.41, 5.74) is 3.65. The van der Waals surface area contributed by atoms with Crippen LogP contribution in [0.1, 0.15) is 46.1 Å². The maximum atomic E-state index is 11.2. The third-order valence-corrected chi connectivity index (χ3v) is 7.42. The van der Waals surface area contributed by atoms with Gasteiger partial charge >= 0.3 is 0 Å². The van der Waals surface area contributed by atoms with Gasteiger partial charge in [-0.1, -0.05) is 27.7 Å². The third-order valence-electron chi connectivity index (χ3n) is 7.42. The Bertz CT molecular complexity index is 983. The molecular formula is C26H34N4O3. The van der Waals surface area contributed by atoms with Crippen LogP contribution in [0.4, 0.5) is 0 Å². The Hall–Kier alpha value is -3.14. The second-order valence-corrected chi connectivity index (χ2v) is 10.4. The van der Waals surface area contributed by atoms with Crippen molar-refractivity contribution in [2.45, 2.75) is 52.7 Å². The summed E-state index contributed by atoms with van der Waals surface area (Å²) in [6.07, 6.45) is 9.00. The van der Waals surface area contributed by atoms with Gasteiger partial charge in [-0.05, 0) is 37.1 Å². The van der Waals surface area contributed by atoms with Crippen molar-refractivity contribution in [3.05, 3.63) is 47.9 Å². The molecule has 0 aromatic heterocycles. The predicted molar refractivity (Wildman–Crippen MR) is 126 cm³/mol. The molecule has 2 fully saturated rings. The molecule has 33 heavy (non-hydrogen) atoms. The minimum atomic E-state index is -0.164.